The van der Waals surface area contributed by atoms with Crippen molar-refractivity contribution >= 4 is 11.7 Å². The van der Waals surface area contributed by atoms with Gasteiger partial charge in [0.2, 0.25) is 5.91 Å². The van der Waals surface area contributed by atoms with Crippen LogP contribution >= 0.6 is 0 Å². The lowest BCUT2D eigenvalue weighted by Crippen LogP contribution is -2.25. The summed E-state index contributed by atoms with van der Waals surface area (Å²) >= 11 is 0. The molecule has 5 nitrogen and oxygen atoms in total. The van der Waals surface area contributed by atoms with Crippen molar-refractivity contribution in [3.63, 3.8) is 0 Å². The normalized spacial score (nSPS) is 9.00. The zero-order valence-electron chi connectivity index (χ0n) is 14.2. The van der Waals surface area contributed by atoms with Gasteiger partial charge in [-0.3, -0.25) is 16.1 Å². The summed E-state index contributed by atoms with van der Waals surface area (Å²) in [5, 5.41) is 2.88. The predicted octanol–water partition coefficient (Wildman–Crippen LogP) is 2.40. The number of nitrogens with two attached hydrogens (primary N) is 1. The van der Waals surface area contributed by atoms with E-state index in [1.54, 1.807) is 14.0 Å². The zero-order chi connectivity index (χ0) is 16.4. The summed E-state index contributed by atoms with van der Waals surface area (Å²) in [7, 11) is 1.65. The maximum Gasteiger partial charge on any atom is 0.220 e. The first-order valence-electron chi connectivity index (χ1n) is 7.57. The summed E-state index contributed by atoms with van der Waals surface area (Å²) in [4.78, 5) is 21.9. The number of carbonyl (C=O) groups excluding carboxylic acids is 2. The van der Waals surface area contributed by atoms with Crippen LogP contribution in [0.15, 0.2) is 0 Å². The SMILES string of the molecule is CC.CC(=O)CCCCCNC(=O)CC(C)C.CNN. The molecule has 0 fully saturated rings. The lowest BCUT2D eigenvalue weighted by atomic mass is 10.1. The van der Waals surface area contributed by atoms with Gasteiger partial charge in [-0.1, -0.05) is 34.1 Å². The maximum atomic E-state index is 11.2. The minimum absolute atomic E-state index is 0.136. The first kappa shape index (κ1) is 24.1. The fourth-order valence-electron chi connectivity index (χ4n) is 1.35. The number of hydrogen-bond acceptors (Lipinski definition) is 4. The van der Waals surface area contributed by atoms with E-state index in [0.717, 1.165) is 25.8 Å². The molecule has 0 radical (unpaired) electrons. The molecule has 0 saturated carbocycles. The van der Waals surface area contributed by atoms with Crippen LogP contribution in [0.1, 0.15) is 66.7 Å². The zero-order valence-corrected chi connectivity index (χ0v) is 14.2. The van der Waals surface area contributed by atoms with Crippen LogP contribution in [0.25, 0.3) is 0 Å². The number of nitrogens with one attached hydrogen (secondary N) is 2. The smallest absolute Gasteiger partial charge is 0.220 e. The van der Waals surface area contributed by atoms with Gasteiger partial charge in [-0.05, 0) is 32.7 Å². The Balaban J connectivity index is -0.000000505. The second kappa shape index (κ2) is 20.4. The van der Waals surface area contributed by atoms with Gasteiger partial charge >= 0.3 is 0 Å². The molecule has 0 aliphatic carbocycles. The maximum absolute atomic E-state index is 11.2. The second-order valence-electron chi connectivity index (χ2n) is 4.75. The molecule has 5 heteroatoms. The number of carbonyl (C=O) groups is 2. The van der Waals surface area contributed by atoms with E-state index in [1.807, 2.05) is 27.7 Å². The molecule has 0 atom stereocenters. The molecule has 0 spiro atoms. The lowest BCUT2D eigenvalue weighted by molar-refractivity contribution is -0.122. The van der Waals surface area contributed by atoms with Crippen LogP contribution in [0.3, 0.4) is 0 Å². The molecule has 0 aliphatic rings. The summed E-state index contributed by atoms with van der Waals surface area (Å²) in [6.07, 6.45) is 4.20. The summed E-state index contributed by atoms with van der Waals surface area (Å²) in [5.74, 6) is 5.40. The Bertz CT molecular complexity index is 219. The van der Waals surface area contributed by atoms with Crippen LogP contribution in [0.4, 0.5) is 0 Å². The highest BCUT2D eigenvalue weighted by atomic mass is 16.1. The summed E-state index contributed by atoms with van der Waals surface area (Å²) in [6, 6.07) is 0. The fraction of sp³-hybridized carbons (Fsp3) is 0.867. The van der Waals surface area contributed by atoms with Gasteiger partial charge in [-0.25, -0.2) is 0 Å². The van der Waals surface area contributed by atoms with Crippen molar-refractivity contribution in [2.45, 2.75) is 66.7 Å². The van der Waals surface area contributed by atoms with Crippen LogP contribution in [-0.4, -0.2) is 25.3 Å². The Kier molecular flexibility index (Phi) is 24.6. The highest BCUT2D eigenvalue weighted by Crippen LogP contribution is 2.01. The molecule has 0 heterocycles. The molecule has 0 bridgehead atoms. The number of ketones is 1. The van der Waals surface area contributed by atoms with E-state index < -0.39 is 0 Å². The topological polar surface area (TPSA) is 84.2 Å². The van der Waals surface area contributed by atoms with Gasteiger partial charge in [-0.15, -0.1) is 0 Å². The molecule has 0 saturated heterocycles. The molecular formula is C15H35N3O2. The standard InChI is InChI=1S/C12H23NO2.C2H6.CH6N2/c1-10(2)9-12(15)13-8-6-4-5-7-11(3)14;1-2;1-3-2/h10H,4-9H2,1-3H3,(H,13,15);1-2H3;3H,2H2,1H3. The third-order valence-corrected chi connectivity index (χ3v) is 2.12. The molecular weight excluding hydrogens is 254 g/mol. The molecule has 0 aromatic carbocycles. The van der Waals surface area contributed by atoms with Gasteiger partial charge in [0.05, 0.1) is 0 Å². The third-order valence-electron chi connectivity index (χ3n) is 2.12. The molecule has 1 amide bonds. The minimum atomic E-state index is 0.136. The largest absolute Gasteiger partial charge is 0.356 e. The Morgan fingerprint density at radius 3 is 2.00 bits per heavy atom. The van der Waals surface area contributed by atoms with Crippen molar-refractivity contribution in [1.82, 2.24) is 10.7 Å². The molecule has 4 N–H and O–H groups in total. The van der Waals surface area contributed by atoms with Gasteiger partial charge in [0.15, 0.2) is 0 Å². The molecule has 122 valence electrons. The van der Waals surface area contributed by atoms with Crippen molar-refractivity contribution in [2.75, 3.05) is 13.6 Å². The van der Waals surface area contributed by atoms with Crippen LogP contribution in [0.2, 0.25) is 0 Å². The highest BCUT2D eigenvalue weighted by molar-refractivity contribution is 5.76. The summed E-state index contributed by atoms with van der Waals surface area (Å²) in [6.45, 7) is 10.4. The average molecular weight is 289 g/mol. The van der Waals surface area contributed by atoms with Crippen molar-refractivity contribution < 1.29 is 9.59 Å². The molecule has 0 aromatic heterocycles. The predicted molar refractivity (Wildman–Crippen MR) is 86.2 cm³/mol. The van der Waals surface area contributed by atoms with Crippen LogP contribution in [0.5, 0.6) is 0 Å². The lowest BCUT2D eigenvalue weighted by Gasteiger charge is -2.06. The number of rotatable bonds is 8. The number of hydrazine groups is 1. The number of amides is 1. The van der Waals surface area contributed by atoms with E-state index in [0.29, 0.717) is 18.8 Å². The number of hydrogen-bond donors (Lipinski definition) is 3. The Labute approximate surface area is 125 Å². The van der Waals surface area contributed by atoms with Crippen molar-refractivity contribution in [3.8, 4) is 0 Å². The van der Waals surface area contributed by atoms with Gasteiger partial charge in [0.1, 0.15) is 5.78 Å². The molecule has 0 unspecified atom stereocenters. The van der Waals surface area contributed by atoms with Crippen molar-refractivity contribution in [1.29, 1.82) is 0 Å². The third kappa shape index (κ3) is 30.3. The first-order chi connectivity index (χ1) is 9.43. The first-order valence-corrected chi connectivity index (χ1v) is 7.57. The minimum Gasteiger partial charge on any atom is -0.356 e. The van der Waals surface area contributed by atoms with Crippen LogP contribution in [0, 0.1) is 5.92 Å². The van der Waals surface area contributed by atoms with Gasteiger partial charge in [-0.2, -0.15) is 0 Å². The van der Waals surface area contributed by atoms with E-state index in [4.69, 9.17) is 0 Å². The molecule has 20 heavy (non-hydrogen) atoms. The Morgan fingerprint density at radius 1 is 1.10 bits per heavy atom. The van der Waals surface area contributed by atoms with E-state index in [9.17, 15) is 9.59 Å². The van der Waals surface area contributed by atoms with Gasteiger partial charge in [0, 0.05) is 19.4 Å². The number of Topliss-reactive ketones (excluding diaryl/α,β-unsaturated/α-hetero) is 1. The second-order valence-corrected chi connectivity index (χ2v) is 4.75. The van der Waals surface area contributed by atoms with Crippen molar-refractivity contribution in [2.24, 2.45) is 11.8 Å². The summed E-state index contributed by atoms with van der Waals surface area (Å²) < 4.78 is 0. The molecule has 0 rings (SSSR count). The van der Waals surface area contributed by atoms with E-state index in [2.05, 4.69) is 16.6 Å². The quantitative estimate of drug-likeness (QED) is 0.364. The van der Waals surface area contributed by atoms with Crippen LogP contribution in [-0.2, 0) is 9.59 Å². The van der Waals surface area contributed by atoms with Crippen molar-refractivity contribution in [3.05, 3.63) is 0 Å². The molecule has 0 aliphatic heterocycles. The van der Waals surface area contributed by atoms with E-state index in [1.165, 1.54) is 0 Å². The Hall–Kier alpha value is -0.940. The average Bonchev–Trinajstić information content (AvgIpc) is 2.36. The molecule has 0 aromatic rings. The van der Waals surface area contributed by atoms with E-state index >= 15 is 0 Å². The monoisotopic (exact) mass is 289 g/mol. The fourth-order valence-corrected chi connectivity index (χ4v) is 1.35. The summed E-state index contributed by atoms with van der Waals surface area (Å²) in [5.41, 5.74) is 2.25. The highest BCUT2D eigenvalue weighted by Gasteiger charge is 2.03. The van der Waals surface area contributed by atoms with Gasteiger partial charge < -0.3 is 10.1 Å². The van der Waals surface area contributed by atoms with E-state index in [-0.39, 0.29) is 11.7 Å². The van der Waals surface area contributed by atoms with Crippen LogP contribution < -0.4 is 16.6 Å². The number of unbranched alkanes of at least 4 members (excludes halogenated alkanes) is 2. The Morgan fingerprint density at radius 2 is 1.60 bits per heavy atom. The van der Waals surface area contributed by atoms with Gasteiger partial charge in [0.25, 0.3) is 0 Å².